The maximum Gasteiger partial charge on any atom is 0.343 e. The van der Waals surface area contributed by atoms with Crippen LogP contribution in [0.15, 0.2) is 36.4 Å². The predicted octanol–water partition coefficient (Wildman–Crippen LogP) is 9.17. The van der Waals surface area contributed by atoms with Crippen molar-refractivity contribution in [3.63, 3.8) is 0 Å². The van der Waals surface area contributed by atoms with E-state index < -0.39 is 5.97 Å². The van der Waals surface area contributed by atoms with Gasteiger partial charge in [-0.1, -0.05) is 68.4 Å². The average molecular weight is 554 g/mol. The molecule has 3 rings (SSSR count). The topological polar surface area (TPSA) is 54.0 Å². The summed E-state index contributed by atoms with van der Waals surface area (Å²) in [6.07, 6.45) is 4.35. The number of hydrogen-bond acceptors (Lipinski definition) is 5. The van der Waals surface area contributed by atoms with E-state index in [1.807, 2.05) is 13.0 Å². The Bertz CT molecular complexity index is 1180. The average Bonchev–Trinajstić information content (AvgIpc) is 2.84. The molecule has 0 atom stereocenters. The standard InChI is InChI=1S/C28H31Cl3O5/c1-4-7-12-34-26-24(33-11-6-3)22-10-9-19(29)17-23(22)25(27(26)35-13-8-5-2)36-28(32)18-14-20(30)16-21(31)15-18/h9-10,14-17H,4-8,11-13H2,1-3H3. The van der Waals surface area contributed by atoms with Crippen LogP contribution in [-0.2, 0) is 0 Å². The second-order valence-electron chi connectivity index (χ2n) is 8.31. The molecule has 3 aromatic rings. The fourth-order valence-electron chi connectivity index (χ4n) is 3.52. The number of carbonyl (C=O) groups excluding carboxylic acids is 1. The SMILES string of the molecule is CCCCOc1c(OCCCC)c(OC(=O)c2cc(Cl)cc(Cl)c2)c2cc(Cl)ccc2c1OCCC. The molecule has 0 unspecified atom stereocenters. The highest BCUT2D eigenvalue weighted by molar-refractivity contribution is 6.35. The maximum atomic E-state index is 13.3. The van der Waals surface area contributed by atoms with Gasteiger partial charge in [-0.25, -0.2) is 4.79 Å². The highest BCUT2D eigenvalue weighted by Crippen LogP contribution is 2.52. The van der Waals surface area contributed by atoms with E-state index in [0.717, 1.165) is 32.1 Å². The molecule has 0 aliphatic carbocycles. The number of benzene rings is 3. The van der Waals surface area contributed by atoms with Gasteiger partial charge in [-0.15, -0.1) is 0 Å². The molecule has 3 aromatic carbocycles. The van der Waals surface area contributed by atoms with Gasteiger partial charge in [-0.2, -0.15) is 0 Å². The first-order valence-corrected chi connectivity index (χ1v) is 13.4. The molecule has 0 saturated carbocycles. The molecule has 8 heteroatoms. The van der Waals surface area contributed by atoms with E-state index in [1.54, 1.807) is 18.2 Å². The smallest absolute Gasteiger partial charge is 0.343 e. The third kappa shape index (κ3) is 7.12. The molecule has 0 bridgehead atoms. The van der Waals surface area contributed by atoms with Crippen LogP contribution in [0, 0.1) is 0 Å². The molecule has 5 nitrogen and oxygen atoms in total. The van der Waals surface area contributed by atoms with Crippen LogP contribution in [0.1, 0.15) is 63.2 Å². The van der Waals surface area contributed by atoms with Crippen LogP contribution in [-0.4, -0.2) is 25.8 Å². The molecule has 0 N–H and O–H groups in total. The molecule has 194 valence electrons. The largest absolute Gasteiger partial charge is 0.489 e. The van der Waals surface area contributed by atoms with Gasteiger partial charge in [0.2, 0.25) is 11.5 Å². The molecule has 0 aliphatic rings. The number of esters is 1. The molecule has 0 aliphatic heterocycles. The Morgan fingerprint density at radius 1 is 0.639 bits per heavy atom. The van der Waals surface area contributed by atoms with Gasteiger partial charge in [0.25, 0.3) is 0 Å². The zero-order valence-corrected chi connectivity index (χ0v) is 23.1. The van der Waals surface area contributed by atoms with Crippen LogP contribution in [0.2, 0.25) is 15.1 Å². The monoisotopic (exact) mass is 552 g/mol. The van der Waals surface area contributed by atoms with Gasteiger partial charge in [-0.05, 0) is 55.7 Å². The van der Waals surface area contributed by atoms with Crippen molar-refractivity contribution in [1.29, 1.82) is 0 Å². The summed E-state index contributed by atoms with van der Waals surface area (Å²) in [4.78, 5) is 13.3. The lowest BCUT2D eigenvalue weighted by Gasteiger charge is -2.22. The molecule has 0 spiro atoms. The summed E-state index contributed by atoms with van der Waals surface area (Å²) in [6.45, 7) is 7.54. The molecule has 0 saturated heterocycles. The summed E-state index contributed by atoms with van der Waals surface area (Å²) in [5, 5.41) is 2.41. The van der Waals surface area contributed by atoms with Gasteiger partial charge in [-0.3, -0.25) is 0 Å². The predicted molar refractivity (Wildman–Crippen MR) is 147 cm³/mol. The van der Waals surface area contributed by atoms with Crippen molar-refractivity contribution < 1.29 is 23.7 Å². The Labute approximate surface area is 227 Å². The van der Waals surface area contributed by atoms with Crippen LogP contribution in [0.4, 0.5) is 0 Å². The van der Waals surface area contributed by atoms with Crippen molar-refractivity contribution in [2.24, 2.45) is 0 Å². The summed E-state index contributed by atoms with van der Waals surface area (Å²) >= 11 is 18.6. The number of carbonyl (C=O) groups is 1. The first-order chi connectivity index (χ1) is 17.4. The van der Waals surface area contributed by atoms with E-state index in [2.05, 4.69) is 13.8 Å². The Balaban J connectivity index is 2.24. The number of unbranched alkanes of at least 4 members (excludes halogenated alkanes) is 2. The Hall–Kier alpha value is -2.34. The summed E-state index contributed by atoms with van der Waals surface area (Å²) in [5.41, 5.74) is 0.210. The van der Waals surface area contributed by atoms with Crippen molar-refractivity contribution >= 4 is 51.5 Å². The fourth-order valence-corrected chi connectivity index (χ4v) is 4.22. The van der Waals surface area contributed by atoms with E-state index in [-0.39, 0.29) is 11.3 Å². The van der Waals surface area contributed by atoms with E-state index in [0.29, 0.717) is 62.9 Å². The van der Waals surface area contributed by atoms with Crippen molar-refractivity contribution in [2.75, 3.05) is 19.8 Å². The summed E-state index contributed by atoms with van der Waals surface area (Å²) in [5.74, 6) is 0.830. The fraction of sp³-hybridized carbons (Fsp3) is 0.393. The van der Waals surface area contributed by atoms with E-state index in [4.69, 9.17) is 53.8 Å². The normalized spacial score (nSPS) is 10.9. The van der Waals surface area contributed by atoms with Gasteiger partial charge in [0.05, 0.1) is 25.4 Å². The molecule has 0 radical (unpaired) electrons. The summed E-state index contributed by atoms with van der Waals surface area (Å²) in [6, 6.07) is 9.87. The third-order valence-corrected chi connectivity index (χ3v) is 5.99. The number of rotatable bonds is 13. The quantitative estimate of drug-likeness (QED) is 0.120. The van der Waals surface area contributed by atoms with Crippen molar-refractivity contribution in [2.45, 2.75) is 52.9 Å². The van der Waals surface area contributed by atoms with Crippen LogP contribution >= 0.6 is 34.8 Å². The molecular weight excluding hydrogens is 523 g/mol. The van der Waals surface area contributed by atoms with Gasteiger partial charge in [0, 0.05) is 25.8 Å². The minimum absolute atomic E-state index is 0.208. The van der Waals surface area contributed by atoms with Crippen molar-refractivity contribution in [3.05, 3.63) is 57.0 Å². The van der Waals surface area contributed by atoms with Gasteiger partial charge >= 0.3 is 5.97 Å². The van der Waals surface area contributed by atoms with Gasteiger partial charge < -0.3 is 18.9 Å². The molecular formula is C28H31Cl3O5. The first kappa shape index (κ1) is 28.2. The third-order valence-electron chi connectivity index (χ3n) is 5.32. The van der Waals surface area contributed by atoms with Crippen LogP contribution < -0.4 is 18.9 Å². The Morgan fingerprint density at radius 2 is 1.22 bits per heavy atom. The lowest BCUT2D eigenvalue weighted by atomic mass is 10.1. The zero-order chi connectivity index (χ0) is 26.1. The lowest BCUT2D eigenvalue weighted by molar-refractivity contribution is 0.0729. The number of ether oxygens (including phenoxy) is 4. The number of fused-ring (bicyclic) bond motifs is 1. The second kappa shape index (κ2) is 13.8. The van der Waals surface area contributed by atoms with Crippen LogP contribution in [0.3, 0.4) is 0 Å². The molecule has 0 aromatic heterocycles. The van der Waals surface area contributed by atoms with Crippen molar-refractivity contribution in [1.82, 2.24) is 0 Å². The summed E-state index contributed by atoms with van der Waals surface area (Å²) in [7, 11) is 0. The first-order valence-electron chi connectivity index (χ1n) is 12.2. The molecule has 0 fully saturated rings. The van der Waals surface area contributed by atoms with E-state index in [1.165, 1.54) is 12.1 Å². The molecule has 36 heavy (non-hydrogen) atoms. The summed E-state index contributed by atoms with van der Waals surface area (Å²) < 4.78 is 24.6. The lowest BCUT2D eigenvalue weighted by Crippen LogP contribution is -2.12. The highest BCUT2D eigenvalue weighted by Gasteiger charge is 2.27. The minimum atomic E-state index is -0.636. The van der Waals surface area contributed by atoms with Crippen LogP contribution in [0.5, 0.6) is 23.0 Å². The van der Waals surface area contributed by atoms with Gasteiger partial charge in [0.15, 0.2) is 11.5 Å². The highest BCUT2D eigenvalue weighted by atomic mass is 35.5. The maximum absolute atomic E-state index is 13.3. The van der Waals surface area contributed by atoms with Crippen molar-refractivity contribution in [3.8, 4) is 23.0 Å². The number of hydrogen-bond donors (Lipinski definition) is 0. The van der Waals surface area contributed by atoms with E-state index >= 15 is 0 Å². The number of halogens is 3. The Morgan fingerprint density at radius 3 is 1.81 bits per heavy atom. The van der Waals surface area contributed by atoms with Crippen LogP contribution in [0.25, 0.3) is 10.8 Å². The second-order valence-corrected chi connectivity index (χ2v) is 9.62. The molecule has 0 heterocycles. The van der Waals surface area contributed by atoms with E-state index in [9.17, 15) is 4.79 Å². The minimum Gasteiger partial charge on any atom is -0.489 e. The van der Waals surface area contributed by atoms with Gasteiger partial charge in [0.1, 0.15) is 0 Å². The molecule has 0 amide bonds. The zero-order valence-electron chi connectivity index (χ0n) is 20.8. The Kier molecular flexibility index (Phi) is 10.8.